The quantitative estimate of drug-likeness (QED) is 0.783. The van der Waals surface area contributed by atoms with Gasteiger partial charge < -0.3 is 10.2 Å². The number of likely N-dealkylation sites (N-methyl/N-ethyl adjacent to an activating group) is 2. The molecule has 25 heavy (non-hydrogen) atoms. The third-order valence-electron chi connectivity index (χ3n) is 4.88. The van der Waals surface area contributed by atoms with E-state index >= 15 is 0 Å². The number of nitrogens with one attached hydrogen (secondary N) is 1. The van der Waals surface area contributed by atoms with Gasteiger partial charge in [-0.1, -0.05) is 30.3 Å². The second-order valence-corrected chi connectivity index (χ2v) is 6.77. The van der Waals surface area contributed by atoms with Crippen molar-refractivity contribution >= 4 is 11.8 Å². The molecule has 1 N–H and O–H groups in total. The molecule has 5 nitrogen and oxygen atoms in total. The van der Waals surface area contributed by atoms with Crippen molar-refractivity contribution in [1.82, 2.24) is 15.1 Å². The normalized spacial score (nSPS) is 15.8. The van der Waals surface area contributed by atoms with Crippen LogP contribution in [0.5, 0.6) is 0 Å². The standard InChI is InChI=1S/C20H31N3O2/c1-3-21-19(24)15-23(4-2)20(25)16-22-12-10-18(11-13-22)14-17-8-6-5-7-9-17/h5-9,18H,3-4,10-16H2,1-2H3,(H,21,24). The van der Waals surface area contributed by atoms with E-state index in [4.69, 9.17) is 0 Å². The molecule has 2 amide bonds. The van der Waals surface area contributed by atoms with Crippen LogP contribution in [-0.2, 0) is 16.0 Å². The Kier molecular flexibility index (Phi) is 7.92. The van der Waals surface area contributed by atoms with Crippen LogP contribution in [0, 0.1) is 5.92 Å². The number of benzene rings is 1. The van der Waals surface area contributed by atoms with Crippen molar-refractivity contribution < 1.29 is 9.59 Å². The van der Waals surface area contributed by atoms with Gasteiger partial charge in [0, 0.05) is 13.1 Å². The number of amides is 2. The van der Waals surface area contributed by atoms with E-state index in [0.717, 1.165) is 32.4 Å². The molecule has 1 aliphatic rings. The first-order chi connectivity index (χ1) is 12.1. The molecule has 2 rings (SSSR count). The van der Waals surface area contributed by atoms with E-state index in [-0.39, 0.29) is 18.4 Å². The summed E-state index contributed by atoms with van der Waals surface area (Å²) in [6.07, 6.45) is 3.39. The first-order valence-electron chi connectivity index (χ1n) is 9.43. The molecule has 0 atom stereocenters. The van der Waals surface area contributed by atoms with Gasteiger partial charge in [0.1, 0.15) is 0 Å². The minimum atomic E-state index is -0.0840. The zero-order chi connectivity index (χ0) is 18.1. The Hall–Kier alpha value is -1.88. The number of likely N-dealkylation sites (tertiary alicyclic amines) is 1. The van der Waals surface area contributed by atoms with E-state index in [1.165, 1.54) is 5.56 Å². The van der Waals surface area contributed by atoms with Crippen LogP contribution in [0.15, 0.2) is 30.3 Å². The summed E-state index contributed by atoms with van der Waals surface area (Å²) >= 11 is 0. The topological polar surface area (TPSA) is 52.7 Å². The number of carbonyl (C=O) groups is 2. The SMILES string of the molecule is CCNC(=O)CN(CC)C(=O)CN1CCC(Cc2ccccc2)CC1. The average molecular weight is 345 g/mol. The molecule has 1 fully saturated rings. The van der Waals surface area contributed by atoms with E-state index in [1.54, 1.807) is 4.90 Å². The van der Waals surface area contributed by atoms with Crippen LogP contribution >= 0.6 is 0 Å². The maximum absolute atomic E-state index is 12.5. The number of rotatable bonds is 8. The highest BCUT2D eigenvalue weighted by atomic mass is 16.2. The Labute approximate surface area is 151 Å². The summed E-state index contributed by atoms with van der Waals surface area (Å²) in [5, 5.41) is 2.75. The van der Waals surface area contributed by atoms with Gasteiger partial charge >= 0.3 is 0 Å². The Bertz CT molecular complexity index is 539. The summed E-state index contributed by atoms with van der Waals surface area (Å²) in [7, 11) is 0. The van der Waals surface area contributed by atoms with Crippen LogP contribution in [0.25, 0.3) is 0 Å². The van der Waals surface area contributed by atoms with Gasteiger partial charge in [-0.15, -0.1) is 0 Å². The minimum Gasteiger partial charge on any atom is -0.355 e. The number of hydrogen-bond acceptors (Lipinski definition) is 3. The zero-order valence-electron chi connectivity index (χ0n) is 15.5. The van der Waals surface area contributed by atoms with E-state index in [0.29, 0.717) is 25.6 Å². The van der Waals surface area contributed by atoms with E-state index < -0.39 is 0 Å². The van der Waals surface area contributed by atoms with Gasteiger partial charge in [-0.3, -0.25) is 14.5 Å². The summed E-state index contributed by atoms with van der Waals surface area (Å²) in [5.74, 6) is 0.667. The fraction of sp³-hybridized carbons (Fsp3) is 0.600. The smallest absolute Gasteiger partial charge is 0.239 e. The van der Waals surface area contributed by atoms with Gasteiger partial charge in [0.25, 0.3) is 0 Å². The molecular formula is C20H31N3O2. The minimum absolute atomic E-state index is 0.0512. The van der Waals surface area contributed by atoms with E-state index in [2.05, 4.69) is 40.5 Å². The lowest BCUT2D eigenvalue weighted by atomic mass is 9.90. The second kappa shape index (κ2) is 10.2. The number of hydrogen-bond donors (Lipinski definition) is 1. The number of piperidine rings is 1. The molecule has 0 bridgehead atoms. The summed E-state index contributed by atoms with van der Waals surface area (Å²) in [6, 6.07) is 10.6. The fourth-order valence-corrected chi connectivity index (χ4v) is 3.39. The highest BCUT2D eigenvalue weighted by Gasteiger charge is 2.23. The largest absolute Gasteiger partial charge is 0.355 e. The van der Waals surface area contributed by atoms with Crippen LogP contribution in [0.2, 0.25) is 0 Å². The van der Waals surface area contributed by atoms with Gasteiger partial charge in [-0.2, -0.15) is 0 Å². The third-order valence-corrected chi connectivity index (χ3v) is 4.88. The van der Waals surface area contributed by atoms with Crippen LogP contribution in [0.1, 0.15) is 32.3 Å². The summed E-state index contributed by atoms with van der Waals surface area (Å²) in [6.45, 7) is 7.47. The van der Waals surface area contributed by atoms with Gasteiger partial charge in [-0.05, 0) is 57.7 Å². The highest BCUT2D eigenvalue weighted by molar-refractivity contribution is 5.85. The highest BCUT2D eigenvalue weighted by Crippen LogP contribution is 2.21. The van der Waals surface area contributed by atoms with Gasteiger partial charge in [-0.25, -0.2) is 0 Å². The van der Waals surface area contributed by atoms with Crippen molar-refractivity contribution in [3.63, 3.8) is 0 Å². The van der Waals surface area contributed by atoms with Gasteiger partial charge in [0.05, 0.1) is 13.1 Å². The van der Waals surface area contributed by atoms with Crippen LogP contribution in [0.4, 0.5) is 0 Å². The van der Waals surface area contributed by atoms with Crippen molar-refractivity contribution in [3.8, 4) is 0 Å². The first kappa shape index (κ1) is 19.4. The van der Waals surface area contributed by atoms with Crippen LogP contribution in [0.3, 0.4) is 0 Å². The Morgan fingerprint density at radius 2 is 1.84 bits per heavy atom. The monoisotopic (exact) mass is 345 g/mol. The van der Waals surface area contributed by atoms with Crippen molar-refractivity contribution in [3.05, 3.63) is 35.9 Å². The Morgan fingerprint density at radius 1 is 1.16 bits per heavy atom. The van der Waals surface area contributed by atoms with Crippen molar-refractivity contribution in [2.75, 3.05) is 39.3 Å². The van der Waals surface area contributed by atoms with E-state index in [1.807, 2.05) is 13.8 Å². The molecule has 1 aliphatic heterocycles. The van der Waals surface area contributed by atoms with Crippen molar-refractivity contribution in [2.45, 2.75) is 33.1 Å². The molecule has 1 aromatic rings. The predicted octanol–water partition coefficient (Wildman–Crippen LogP) is 1.93. The molecule has 1 heterocycles. The molecule has 138 valence electrons. The maximum Gasteiger partial charge on any atom is 0.239 e. The zero-order valence-corrected chi connectivity index (χ0v) is 15.5. The lowest BCUT2D eigenvalue weighted by molar-refractivity contribution is -0.137. The van der Waals surface area contributed by atoms with Gasteiger partial charge in [0.2, 0.25) is 11.8 Å². The molecule has 0 unspecified atom stereocenters. The average Bonchev–Trinajstić information content (AvgIpc) is 2.62. The predicted molar refractivity (Wildman–Crippen MR) is 100 cm³/mol. The lowest BCUT2D eigenvalue weighted by Gasteiger charge is -2.33. The molecular weight excluding hydrogens is 314 g/mol. The molecule has 5 heteroatoms. The molecule has 0 spiro atoms. The fourth-order valence-electron chi connectivity index (χ4n) is 3.39. The van der Waals surface area contributed by atoms with Crippen LogP contribution < -0.4 is 5.32 Å². The summed E-state index contributed by atoms with van der Waals surface area (Å²) in [4.78, 5) is 28.0. The Balaban J connectivity index is 1.74. The summed E-state index contributed by atoms with van der Waals surface area (Å²) in [5.41, 5.74) is 1.40. The number of nitrogens with zero attached hydrogens (tertiary/aromatic N) is 2. The molecule has 1 saturated heterocycles. The lowest BCUT2D eigenvalue weighted by Crippen LogP contribution is -2.46. The summed E-state index contributed by atoms with van der Waals surface area (Å²) < 4.78 is 0. The van der Waals surface area contributed by atoms with Gasteiger partial charge in [0.15, 0.2) is 0 Å². The molecule has 1 aromatic carbocycles. The van der Waals surface area contributed by atoms with E-state index in [9.17, 15) is 9.59 Å². The van der Waals surface area contributed by atoms with Crippen molar-refractivity contribution in [2.24, 2.45) is 5.92 Å². The molecule has 0 aliphatic carbocycles. The maximum atomic E-state index is 12.5. The molecule has 0 radical (unpaired) electrons. The van der Waals surface area contributed by atoms with Crippen molar-refractivity contribution in [1.29, 1.82) is 0 Å². The molecule has 0 aromatic heterocycles. The molecule has 0 saturated carbocycles. The number of carbonyl (C=O) groups excluding carboxylic acids is 2. The Morgan fingerprint density at radius 3 is 2.44 bits per heavy atom. The second-order valence-electron chi connectivity index (χ2n) is 6.77. The first-order valence-corrected chi connectivity index (χ1v) is 9.43. The van der Waals surface area contributed by atoms with Crippen LogP contribution in [-0.4, -0.2) is 60.9 Å². The third kappa shape index (κ3) is 6.50.